The Labute approximate surface area is 105 Å². The molecule has 0 spiro atoms. The van der Waals surface area contributed by atoms with E-state index in [-0.39, 0.29) is 19.0 Å². The molecule has 0 saturated carbocycles. The lowest BCUT2D eigenvalue weighted by Gasteiger charge is -2.09. The second kappa shape index (κ2) is 5.64. The number of aryl methyl sites for hydroxylation is 1. The van der Waals surface area contributed by atoms with Gasteiger partial charge in [0.1, 0.15) is 6.61 Å². The topological polar surface area (TPSA) is 47.3 Å². The van der Waals surface area contributed by atoms with Gasteiger partial charge in [0, 0.05) is 6.54 Å². The second-order valence-electron chi connectivity index (χ2n) is 3.88. The highest BCUT2D eigenvalue weighted by Crippen LogP contribution is 2.19. The molecular formula is C13H15FN2O2. The lowest BCUT2D eigenvalue weighted by atomic mass is 10.2. The van der Waals surface area contributed by atoms with E-state index in [1.54, 1.807) is 18.6 Å². The highest BCUT2D eigenvalue weighted by molar-refractivity contribution is 5.29. The minimum absolute atomic E-state index is 0.177. The Hall–Kier alpha value is -1.88. The van der Waals surface area contributed by atoms with E-state index in [1.165, 1.54) is 12.1 Å². The molecule has 0 atom stereocenters. The summed E-state index contributed by atoms with van der Waals surface area (Å²) in [6.45, 7) is 2.88. The molecule has 1 aromatic heterocycles. The van der Waals surface area contributed by atoms with Crippen LogP contribution in [-0.2, 0) is 19.8 Å². The van der Waals surface area contributed by atoms with E-state index in [9.17, 15) is 4.39 Å². The Bertz CT molecular complexity index is 525. The van der Waals surface area contributed by atoms with Crippen LogP contribution in [0, 0.1) is 5.82 Å². The molecule has 0 amide bonds. The molecule has 5 heteroatoms. The Kier molecular flexibility index (Phi) is 3.94. The van der Waals surface area contributed by atoms with Crippen LogP contribution in [0.3, 0.4) is 0 Å². The summed E-state index contributed by atoms with van der Waals surface area (Å²) in [6.07, 6.45) is 3.41. The minimum atomic E-state index is -0.468. The first kappa shape index (κ1) is 12.6. The molecule has 0 aliphatic heterocycles. The number of rotatable bonds is 5. The maximum atomic E-state index is 13.6. The van der Waals surface area contributed by atoms with Gasteiger partial charge in [0.05, 0.1) is 24.8 Å². The van der Waals surface area contributed by atoms with Crippen molar-refractivity contribution in [2.45, 2.75) is 26.7 Å². The summed E-state index contributed by atoms with van der Waals surface area (Å²) in [6, 6.07) is 4.43. The summed E-state index contributed by atoms with van der Waals surface area (Å²) in [5, 5.41) is 8.88. The average Bonchev–Trinajstić information content (AvgIpc) is 2.84. The third-order valence-electron chi connectivity index (χ3n) is 2.69. The van der Waals surface area contributed by atoms with E-state index in [4.69, 9.17) is 9.84 Å². The van der Waals surface area contributed by atoms with Crippen LogP contribution in [0.5, 0.6) is 5.75 Å². The van der Waals surface area contributed by atoms with Crippen LogP contribution < -0.4 is 4.74 Å². The number of aliphatic hydroxyl groups is 1. The van der Waals surface area contributed by atoms with E-state index >= 15 is 0 Å². The number of aliphatic hydroxyl groups excluding tert-OH is 1. The van der Waals surface area contributed by atoms with Crippen molar-refractivity contribution in [3.05, 3.63) is 47.8 Å². The second-order valence-corrected chi connectivity index (χ2v) is 3.88. The number of nitrogens with zero attached hydrogens (tertiary/aromatic N) is 2. The Morgan fingerprint density at radius 2 is 2.28 bits per heavy atom. The summed E-state index contributed by atoms with van der Waals surface area (Å²) in [4.78, 5) is 4.01. The van der Waals surface area contributed by atoms with Crippen molar-refractivity contribution in [2.75, 3.05) is 0 Å². The van der Waals surface area contributed by atoms with Crippen molar-refractivity contribution >= 4 is 0 Å². The van der Waals surface area contributed by atoms with Gasteiger partial charge in [-0.2, -0.15) is 0 Å². The van der Waals surface area contributed by atoms with Gasteiger partial charge in [-0.15, -0.1) is 0 Å². The molecule has 4 nitrogen and oxygen atoms in total. The van der Waals surface area contributed by atoms with Gasteiger partial charge in [-0.1, -0.05) is 6.07 Å². The number of aromatic nitrogens is 2. The van der Waals surface area contributed by atoms with Gasteiger partial charge in [-0.3, -0.25) is 0 Å². The first-order valence-electron chi connectivity index (χ1n) is 5.75. The zero-order valence-corrected chi connectivity index (χ0v) is 10.1. The SMILES string of the molecule is CCn1cncc1COc1ccc(CO)cc1F. The molecule has 0 saturated heterocycles. The van der Waals surface area contributed by atoms with E-state index in [0.29, 0.717) is 5.56 Å². The van der Waals surface area contributed by atoms with E-state index in [2.05, 4.69) is 4.98 Å². The van der Waals surface area contributed by atoms with Crippen molar-refractivity contribution in [1.29, 1.82) is 0 Å². The van der Waals surface area contributed by atoms with Crippen LogP contribution in [0.25, 0.3) is 0 Å². The maximum Gasteiger partial charge on any atom is 0.165 e. The lowest BCUT2D eigenvalue weighted by Crippen LogP contribution is -2.04. The van der Waals surface area contributed by atoms with Gasteiger partial charge in [0.25, 0.3) is 0 Å². The third kappa shape index (κ3) is 2.68. The van der Waals surface area contributed by atoms with Crippen LogP contribution in [0.1, 0.15) is 18.2 Å². The van der Waals surface area contributed by atoms with Gasteiger partial charge in [-0.05, 0) is 24.6 Å². The summed E-state index contributed by atoms with van der Waals surface area (Å²) in [5.41, 5.74) is 1.42. The molecule has 96 valence electrons. The lowest BCUT2D eigenvalue weighted by molar-refractivity contribution is 0.273. The van der Waals surface area contributed by atoms with Crippen LogP contribution in [0.4, 0.5) is 4.39 Å². The van der Waals surface area contributed by atoms with Gasteiger partial charge in [0.15, 0.2) is 11.6 Å². The summed E-state index contributed by atoms with van der Waals surface area (Å²) < 4.78 is 20.9. The fourth-order valence-electron chi connectivity index (χ4n) is 1.66. The number of hydrogen-bond donors (Lipinski definition) is 1. The molecular weight excluding hydrogens is 235 g/mol. The zero-order valence-electron chi connectivity index (χ0n) is 10.1. The summed E-state index contributed by atoms with van der Waals surface area (Å²) in [7, 11) is 0. The number of halogens is 1. The molecule has 1 aromatic carbocycles. The molecule has 1 N–H and O–H groups in total. The smallest absolute Gasteiger partial charge is 0.165 e. The number of imidazole rings is 1. The summed E-state index contributed by atoms with van der Waals surface area (Å²) >= 11 is 0. The largest absolute Gasteiger partial charge is 0.484 e. The highest BCUT2D eigenvalue weighted by Gasteiger charge is 2.06. The van der Waals surface area contributed by atoms with Gasteiger partial charge in [-0.25, -0.2) is 9.37 Å². The van der Waals surface area contributed by atoms with Crippen molar-refractivity contribution in [3.8, 4) is 5.75 Å². The number of ether oxygens (including phenoxy) is 1. The van der Waals surface area contributed by atoms with E-state index < -0.39 is 5.82 Å². The quantitative estimate of drug-likeness (QED) is 0.884. The Morgan fingerprint density at radius 1 is 1.44 bits per heavy atom. The van der Waals surface area contributed by atoms with Crippen molar-refractivity contribution in [2.24, 2.45) is 0 Å². The first-order chi connectivity index (χ1) is 8.74. The molecule has 0 aliphatic rings. The van der Waals surface area contributed by atoms with Crippen LogP contribution in [0.15, 0.2) is 30.7 Å². The number of hydrogen-bond acceptors (Lipinski definition) is 3. The molecule has 0 radical (unpaired) electrons. The first-order valence-corrected chi connectivity index (χ1v) is 5.75. The normalized spacial score (nSPS) is 10.6. The van der Waals surface area contributed by atoms with Crippen LogP contribution >= 0.6 is 0 Å². The van der Waals surface area contributed by atoms with Crippen LogP contribution in [0.2, 0.25) is 0 Å². The molecule has 2 aromatic rings. The standard InChI is InChI=1S/C13H15FN2O2/c1-2-16-9-15-6-11(16)8-18-13-4-3-10(7-17)5-12(13)14/h3-6,9,17H,2,7-8H2,1H3. The highest BCUT2D eigenvalue weighted by atomic mass is 19.1. The van der Waals surface area contributed by atoms with Crippen molar-refractivity contribution in [1.82, 2.24) is 9.55 Å². The summed E-state index contributed by atoms with van der Waals surface area (Å²) in [5.74, 6) is -0.292. The molecule has 0 unspecified atom stereocenters. The maximum absolute atomic E-state index is 13.6. The number of benzene rings is 1. The minimum Gasteiger partial charge on any atom is -0.484 e. The van der Waals surface area contributed by atoms with Crippen LogP contribution in [-0.4, -0.2) is 14.7 Å². The molecule has 1 heterocycles. The van der Waals surface area contributed by atoms with Gasteiger partial charge < -0.3 is 14.4 Å². The predicted octanol–water partition coefficient (Wildman–Crippen LogP) is 2.11. The monoisotopic (exact) mass is 250 g/mol. The van der Waals surface area contributed by atoms with E-state index in [0.717, 1.165) is 12.2 Å². The molecule has 0 bridgehead atoms. The zero-order chi connectivity index (χ0) is 13.0. The fraction of sp³-hybridized carbons (Fsp3) is 0.308. The third-order valence-corrected chi connectivity index (χ3v) is 2.69. The Balaban J connectivity index is 2.06. The molecule has 0 fully saturated rings. The Morgan fingerprint density at radius 3 is 2.94 bits per heavy atom. The van der Waals surface area contributed by atoms with Crippen molar-refractivity contribution in [3.63, 3.8) is 0 Å². The predicted molar refractivity (Wildman–Crippen MR) is 64.6 cm³/mol. The van der Waals surface area contributed by atoms with Crippen molar-refractivity contribution < 1.29 is 14.2 Å². The molecule has 0 aliphatic carbocycles. The average molecular weight is 250 g/mol. The van der Waals surface area contributed by atoms with E-state index in [1.807, 2.05) is 11.5 Å². The molecule has 2 rings (SSSR count). The van der Waals surface area contributed by atoms with Gasteiger partial charge >= 0.3 is 0 Å². The fourth-order valence-corrected chi connectivity index (χ4v) is 1.66. The molecule has 18 heavy (non-hydrogen) atoms. The van der Waals surface area contributed by atoms with Gasteiger partial charge in [0.2, 0.25) is 0 Å².